The lowest BCUT2D eigenvalue weighted by Gasteiger charge is -2.10. The molecule has 0 radical (unpaired) electrons. The van der Waals surface area contributed by atoms with Gasteiger partial charge in [0, 0.05) is 19.2 Å². The number of rotatable bonds is 7. The number of hydrogen-bond acceptors (Lipinski definition) is 4. The lowest BCUT2D eigenvalue weighted by molar-refractivity contribution is 0.131. The Morgan fingerprint density at radius 2 is 2.20 bits per heavy atom. The van der Waals surface area contributed by atoms with Gasteiger partial charge in [0.2, 0.25) is 0 Å². The number of nitrogens with one attached hydrogen (secondary N) is 1. The lowest BCUT2D eigenvalue weighted by atomic mass is 10.3. The topological polar surface area (TPSA) is 55.4 Å². The summed E-state index contributed by atoms with van der Waals surface area (Å²) in [7, 11) is -2.75. The van der Waals surface area contributed by atoms with E-state index in [1.807, 2.05) is 0 Å². The SMILES string of the molecule is CCCCOCCNC1CCS(=O)(=O)C1. The molecule has 0 aromatic rings. The van der Waals surface area contributed by atoms with Gasteiger partial charge >= 0.3 is 0 Å². The predicted octanol–water partition coefficient (Wildman–Crippen LogP) is 0.580. The molecule has 1 saturated heterocycles. The van der Waals surface area contributed by atoms with Gasteiger partial charge in [-0.15, -0.1) is 0 Å². The third-order valence-electron chi connectivity index (χ3n) is 2.55. The van der Waals surface area contributed by atoms with Crippen LogP contribution in [0.4, 0.5) is 0 Å². The number of unbranched alkanes of at least 4 members (excludes halogenated alkanes) is 1. The minimum Gasteiger partial charge on any atom is -0.380 e. The molecule has 1 aliphatic rings. The molecule has 1 heterocycles. The molecular formula is C10H21NO3S. The minimum atomic E-state index is -2.75. The molecule has 0 spiro atoms. The molecule has 5 heteroatoms. The summed E-state index contributed by atoms with van der Waals surface area (Å²) in [6, 6.07) is 0.143. The molecular weight excluding hydrogens is 214 g/mol. The van der Waals surface area contributed by atoms with Crippen molar-refractivity contribution in [3.8, 4) is 0 Å². The van der Waals surface area contributed by atoms with E-state index >= 15 is 0 Å². The van der Waals surface area contributed by atoms with E-state index in [1.54, 1.807) is 0 Å². The number of hydrogen-bond donors (Lipinski definition) is 1. The summed E-state index contributed by atoms with van der Waals surface area (Å²) in [6.45, 7) is 4.37. The fourth-order valence-electron chi connectivity index (χ4n) is 1.64. The molecule has 1 unspecified atom stereocenters. The Labute approximate surface area is 92.3 Å². The molecule has 90 valence electrons. The Bertz CT molecular complexity index is 264. The zero-order valence-electron chi connectivity index (χ0n) is 9.37. The molecule has 1 atom stereocenters. The van der Waals surface area contributed by atoms with E-state index in [4.69, 9.17) is 4.74 Å². The van der Waals surface area contributed by atoms with Gasteiger partial charge in [-0.2, -0.15) is 0 Å². The first-order valence-corrected chi connectivity index (χ1v) is 7.48. The second-order valence-electron chi connectivity index (χ2n) is 4.02. The summed E-state index contributed by atoms with van der Waals surface area (Å²) >= 11 is 0. The van der Waals surface area contributed by atoms with Gasteiger partial charge in [0.05, 0.1) is 18.1 Å². The molecule has 0 saturated carbocycles. The zero-order chi connectivity index (χ0) is 11.1. The number of ether oxygens (including phenoxy) is 1. The largest absolute Gasteiger partial charge is 0.380 e. The fourth-order valence-corrected chi connectivity index (χ4v) is 3.35. The van der Waals surface area contributed by atoms with Crippen LogP contribution >= 0.6 is 0 Å². The van der Waals surface area contributed by atoms with Crippen LogP contribution in [-0.2, 0) is 14.6 Å². The highest BCUT2D eigenvalue weighted by Gasteiger charge is 2.26. The maximum absolute atomic E-state index is 11.1. The molecule has 1 fully saturated rings. The van der Waals surface area contributed by atoms with Crippen molar-refractivity contribution in [3.63, 3.8) is 0 Å². The summed E-state index contributed by atoms with van der Waals surface area (Å²) in [6.07, 6.45) is 2.99. The summed E-state index contributed by atoms with van der Waals surface area (Å²) in [5, 5.41) is 3.21. The number of sulfone groups is 1. The second-order valence-corrected chi connectivity index (χ2v) is 6.25. The standard InChI is InChI=1S/C10H21NO3S/c1-2-3-6-14-7-5-11-10-4-8-15(12,13)9-10/h10-11H,2-9H2,1H3. The van der Waals surface area contributed by atoms with Crippen LogP contribution in [0.25, 0.3) is 0 Å². The third-order valence-corrected chi connectivity index (χ3v) is 4.32. The van der Waals surface area contributed by atoms with E-state index < -0.39 is 9.84 Å². The maximum atomic E-state index is 11.1. The van der Waals surface area contributed by atoms with Crippen LogP contribution in [0.15, 0.2) is 0 Å². The van der Waals surface area contributed by atoms with Crippen LogP contribution in [0.1, 0.15) is 26.2 Å². The van der Waals surface area contributed by atoms with E-state index in [-0.39, 0.29) is 6.04 Å². The second kappa shape index (κ2) is 6.45. The van der Waals surface area contributed by atoms with Crippen molar-refractivity contribution in [3.05, 3.63) is 0 Å². The van der Waals surface area contributed by atoms with Crippen molar-refractivity contribution in [2.45, 2.75) is 32.2 Å². The van der Waals surface area contributed by atoms with Crippen LogP contribution in [0.3, 0.4) is 0 Å². The van der Waals surface area contributed by atoms with Gasteiger partial charge in [-0.1, -0.05) is 13.3 Å². The average molecular weight is 235 g/mol. The van der Waals surface area contributed by atoms with Gasteiger partial charge in [0.15, 0.2) is 9.84 Å². The quantitative estimate of drug-likeness (QED) is 0.656. The van der Waals surface area contributed by atoms with Crippen molar-refractivity contribution in [1.29, 1.82) is 0 Å². The minimum absolute atomic E-state index is 0.143. The summed E-state index contributed by atoms with van der Waals surface area (Å²) in [4.78, 5) is 0. The van der Waals surface area contributed by atoms with Gasteiger partial charge in [-0.05, 0) is 12.8 Å². The van der Waals surface area contributed by atoms with Crippen molar-refractivity contribution >= 4 is 9.84 Å². The van der Waals surface area contributed by atoms with E-state index in [0.717, 1.165) is 32.4 Å². The van der Waals surface area contributed by atoms with Crippen LogP contribution in [0.5, 0.6) is 0 Å². The first kappa shape index (κ1) is 12.9. The molecule has 1 N–H and O–H groups in total. The van der Waals surface area contributed by atoms with Gasteiger partial charge in [-0.3, -0.25) is 0 Å². The van der Waals surface area contributed by atoms with Crippen molar-refractivity contribution in [2.24, 2.45) is 0 Å². The molecule has 0 bridgehead atoms. The molecule has 15 heavy (non-hydrogen) atoms. The molecule has 0 aromatic carbocycles. The van der Waals surface area contributed by atoms with Gasteiger partial charge in [-0.25, -0.2) is 8.42 Å². The molecule has 1 aliphatic heterocycles. The highest BCUT2D eigenvalue weighted by atomic mass is 32.2. The smallest absolute Gasteiger partial charge is 0.151 e. The highest BCUT2D eigenvalue weighted by molar-refractivity contribution is 7.91. The van der Waals surface area contributed by atoms with Crippen LogP contribution in [-0.4, -0.2) is 45.7 Å². The van der Waals surface area contributed by atoms with E-state index in [0.29, 0.717) is 18.1 Å². The molecule has 0 aliphatic carbocycles. The Morgan fingerprint density at radius 3 is 2.80 bits per heavy atom. The Balaban J connectivity index is 1.97. The maximum Gasteiger partial charge on any atom is 0.151 e. The third kappa shape index (κ3) is 5.49. The normalized spacial score (nSPS) is 24.5. The molecule has 0 aromatic heterocycles. The highest BCUT2D eigenvalue weighted by Crippen LogP contribution is 2.10. The van der Waals surface area contributed by atoms with E-state index in [9.17, 15) is 8.42 Å². The van der Waals surface area contributed by atoms with Crippen LogP contribution in [0.2, 0.25) is 0 Å². The Hall–Kier alpha value is -0.130. The summed E-state index contributed by atoms with van der Waals surface area (Å²) in [5.41, 5.74) is 0. The first-order chi connectivity index (χ1) is 7.14. The monoisotopic (exact) mass is 235 g/mol. The first-order valence-electron chi connectivity index (χ1n) is 5.65. The van der Waals surface area contributed by atoms with Crippen LogP contribution < -0.4 is 5.32 Å². The fraction of sp³-hybridized carbons (Fsp3) is 1.00. The summed E-state index contributed by atoms with van der Waals surface area (Å²) < 4.78 is 27.7. The van der Waals surface area contributed by atoms with Gasteiger partial charge in [0.1, 0.15) is 0 Å². The summed E-state index contributed by atoms with van der Waals surface area (Å²) in [5.74, 6) is 0.628. The van der Waals surface area contributed by atoms with Crippen molar-refractivity contribution in [2.75, 3.05) is 31.3 Å². The molecule has 1 rings (SSSR count). The predicted molar refractivity (Wildman–Crippen MR) is 60.8 cm³/mol. The van der Waals surface area contributed by atoms with E-state index in [1.165, 1.54) is 0 Å². The van der Waals surface area contributed by atoms with Gasteiger partial charge < -0.3 is 10.1 Å². The van der Waals surface area contributed by atoms with E-state index in [2.05, 4.69) is 12.2 Å². The molecule has 4 nitrogen and oxygen atoms in total. The molecule has 0 amide bonds. The Morgan fingerprint density at radius 1 is 1.40 bits per heavy atom. The van der Waals surface area contributed by atoms with Crippen molar-refractivity contribution in [1.82, 2.24) is 5.32 Å². The van der Waals surface area contributed by atoms with Crippen molar-refractivity contribution < 1.29 is 13.2 Å². The average Bonchev–Trinajstić information content (AvgIpc) is 2.52. The van der Waals surface area contributed by atoms with Gasteiger partial charge in [0.25, 0.3) is 0 Å². The Kier molecular flexibility index (Phi) is 5.56. The lowest BCUT2D eigenvalue weighted by Crippen LogP contribution is -2.32. The van der Waals surface area contributed by atoms with Crippen LogP contribution in [0, 0.1) is 0 Å². The zero-order valence-corrected chi connectivity index (χ0v) is 10.2.